The van der Waals surface area contributed by atoms with E-state index in [-0.39, 0.29) is 5.91 Å². The van der Waals surface area contributed by atoms with Gasteiger partial charge in [-0.25, -0.2) is 4.98 Å². The Morgan fingerprint density at radius 3 is 2.68 bits per heavy atom. The third kappa shape index (κ3) is 3.31. The number of H-pyrrole nitrogens is 1. The zero-order valence-electron chi connectivity index (χ0n) is 12.3. The molecule has 1 heterocycles. The summed E-state index contributed by atoms with van der Waals surface area (Å²) in [6, 6.07) is 15.5. The van der Waals surface area contributed by atoms with Crippen molar-refractivity contribution in [2.45, 2.75) is 12.3 Å². The van der Waals surface area contributed by atoms with Gasteiger partial charge in [-0.05, 0) is 36.1 Å². The van der Waals surface area contributed by atoms with E-state index in [1.54, 1.807) is 11.8 Å². The van der Waals surface area contributed by atoms with Crippen molar-refractivity contribution >= 4 is 28.7 Å². The molecule has 4 nitrogen and oxygen atoms in total. The average Bonchev–Trinajstić information content (AvgIpc) is 2.96. The molecular weight excluding hydrogens is 294 g/mol. The van der Waals surface area contributed by atoms with Crippen LogP contribution in [0, 0.1) is 0 Å². The van der Waals surface area contributed by atoms with Crippen molar-refractivity contribution in [3.8, 4) is 0 Å². The van der Waals surface area contributed by atoms with Crippen molar-refractivity contribution in [3.05, 3.63) is 65.5 Å². The molecule has 0 radical (unpaired) electrons. The molecule has 2 aromatic carbocycles. The van der Waals surface area contributed by atoms with Gasteiger partial charge in [0.2, 0.25) is 0 Å². The topological polar surface area (TPSA) is 57.8 Å². The number of hydrogen-bond acceptors (Lipinski definition) is 3. The van der Waals surface area contributed by atoms with Crippen LogP contribution in [0.1, 0.15) is 21.7 Å². The lowest BCUT2D eigenvalue weighted by Gasteiger charge is -2.04. The number of para-hydroxylation sites is 2. The number of rotatable bonds is 5. The van der Waals surface area contributed by atoms with Crippen LogP contribution in [0.3, 0.4) is 0 Å². The molecule has 3 aromatic rings. The maximum Gasteiger partial charge on any atom is 0.251 e. The Labute approximate surface area is 133 Å². The van der Waals surface area contributed by atoms with Gasteiger partial charge in [0.05, 0.1) is 17.6 Å². The number of thioether (sulfide) groups is 1. The Morgan fingerprint density at radius 1 is 1.18 bits per heavy atom. The first-order valence-electron chi connectivity index (χ1n) is 7.06. The second-order valence-electron chi connectivity index (χ2n) is 5.01. The van der Waals surface area contributed by atoms with Crippen LogP contribution in [0.5, 0.6) is 0 Å². The molecule has 1 amide bonds. The summed E-state index contributed by atoms with van der Waals surface area (Å²) in [6.07, 6.45) is 2.06. The van der Waals surface area contributed by atoms with Crippen LogP contribution in [0.25, 0.3) is 11.0 Å². The van der Waals surface area contributed by atoms with Gasteiger partial charge in [0.1, 0.15) is 5.82 Å². The number of benzene rings is 2. The molecule has 0 saturated carbocycles. The van der Waals surface area contributed by atoms with E-state index in [2.05, 4.69) is 21.5 Å². The second kappa shape index (κ2) is 6.66. The Morgan fingerprint density at radius 2 is 1.95 bits per heavy atom. The van der Waals surface area contributed by atoms with Gasteiger partial charge in [-0.2, -0.15) is 11.8 Å². The maximum absolute atomic E-state index is 12.1. The van der Waals surface area contributed by atoms with Crippen LogP contribution in [0.2, 0.25) is 0 Å². The van der Waals surface area contributed by atoms with Crippen LogP contribution >= 0.6 is 11.8 Å². The summed E-state index contributed by atoms with van der Waals surface area (Å²) in [5.41, 5.74) is 3.78. The summed E-state index contributed by atoms with van der Waals surface area (Å²) in [5.74, 6) is 1.63. The molecule has 5 heteroatoms. The molecule has 112 valence electrons. The minimum absolute atomic E-state index is 0.0869. The monoisotopic (exact) mass is 311 g/mol. The molecule has 2 N–H and O–H groups in total. The number of amides is 1. The number of carbonyl (C=O) groups excluding carboxylic acids is 1. The Balaban J connectivity index is 1.64. The van der Waals surface area contributed by atoms with Gasteiger partial charge in [-0.15, -0.1) is 0 Å². The number of nitrogens with zero attached hydrogens (tertiary/aromatic N) is 1. The van der Waals surface area contributed by atoms with Gasteiger partial charge in [0.25, 0.3) is 5.91 Å². The fraction of sp³-hybridized carbons (Fsp3) is 0.176. The van der Waals surface area contributed by atoms with Crippen molar-refractivity contribution in [2.24, 2.45) is 0 Å². The highest BCUT2D eigenvalue weighted by atomic mass is 32.2. The highest BCUT2D eigenvalue weighted by molar-refractivity contribution is 7.97. The molecule has 0 aliphatic rings. The fourth-order valence-corrected chi connectivity index (χ4v) is 2.80. The van der Waals surface area contributed by atoms with Gasteiger partial charge in [0.15, 0.2) is 0 Å². The standard InChI is InChI=1S/C17H17N3OS/c1-22-11-12-6-8-13(9-7-12)17(21)18-10-16-19-14-4-2-3-5-15(14)20-16/h2-9H,10-11H2,1H3,(H,18,21)(H,19,20). The van der Waals surface area contributed by atoms with Crippen LogP contribution in [0.15, 0.2) is 48.5 Å². The number of imidazole rings is 1. The van der Waals surface area contributed by atoms with Crippen molar-refractivity contribution in [2.75, 3.05) is 6.26 Å². The molecule has 1 aromatic heterocycles. The summed E-state index contributed by atoms with van der Waals surface area (Å²) in [7, 11) is 0. The van der Waals surface area contributed by atoms with Crippen molar-refractivity contribution in [1.29, 1.82) is 0 Å². The predicted octanol–water partition coefficient (Wildman–Crippen LogP) is 3.36. The third-order valence-electron chi connectivity index (χ3n) is 3.38. The molecule has 3 rings (SSSR count). The Hall–Kier alpha value is -2.27. The number of aromatic nitrogens is 2. The molecule has 22 heavy (non-hydrogen) atoms. The number of aromatic amines is 1. The SMILES string of the molecule is CSCc1ccc(C(=O)NCc2nc3ccccc3[nH]2)cc1. The van der Waals surface area contributed by atoms with Crippen molar-refractivity contribution in [1.82, 2.24) is 15.3 Å². The van der Waals surface area contributed by atoms with Crippen molar-refractivity contribution < 1.29 is 4.79 Å². The highest BCUT2D eigenvalue weighted by Crippen LogP contribution is 2.12. The van der Waals surface area contributed by atoms with Crippen LogP contribution < -0.4 is 5.32 Å². The molecular formula is C17H17N3OS. The summed E-state index contributed by atoms with van der Waals surface area (Å²) < 4.78 is 0. The molecule has 0 aliphatic carbocycles. The van der Waals surface area contributed by atoms with Gasteiger partial charge < -0.3 is 10.3 Å². The minimum Gasteiger partial charge on any atom is -0.345 e. The van der Waals surface area contributed by atoms with E-state index >= 15 is 0 Å². The lowest BCUT2D eigenvalue weighted by Crippen LogP contribution is -2.23. The molecule has 0 atom stereocenters. The zero-order valence-corrected chi connectivity index (χ0v) is 13.1. The molecule has 0 fully saturated rings. The largest absolute Gasteiger partial charge is 0.345 e. The highest BCUT2D eigenvalue weighted by Gasteiger charge is 2.07. The number of nitrogens with one attached hydrogen (secondary N) is 2. The summed E-state index contributed by atoms with van der Waals surface area (Å²) in [5, 5.41) is 2.89. The van der Waals surface area contributed by atoms with E-state index in [0.29, 0.717) is 12.1 Å². The van der Waals surface area contributed by atoms with Crippen LogP contribution in [-0.2, 0) is 12.3 Å². The van der Waals surface area contributed by atoms with E-state index < -0.39 is 0 Å². The minimum atomic E-state index is -0.0869. The first-order valence-corrected chi connectivity index (χ1v) is 8.45. The molecule has 0 saturated heterocycles. The van der Waals surface area contributed by atoms with E-state index in [1.807, 2.05) is 48.5 Å². The zero-order chi connectivity index (χ0) is 15.4. The number of hydrogen-bond donors (Lipinski definition) is 2. The third-order valence-corrected chi connectivity index (χ3v) is 4.00. The first-order chi connectivity index (χ1) is 10.8. The lowest BCUT2D eigenvalue weighted by molar-refractivity contribution is 0.0950. The van der Waals surface area contributed by atoms with Crippen LogP contribution in [0.4, 0.5) is 0 Å². The van der Waals surface area contributed by atoms with E-state index in [9.17, 15) is 4.79 Å². The second-order valence-corrected chi connectivity index (χ2v) is 5.88. The van der Waals surface area contributed by atoms with Gasteiger partial charge >= 0.3 is 0 Å². The van der Waals surface area contributed by atoms with Crippen molar-refractivity contribution in [3.63, 3.8) is 0 Å². The average molecular weight is 311 g/mol. The van der Waals surface area contributed by atoms with E-state index in [0.717, 1.165) is 22.6 Å². The molecule has 0 bridgehead atoms. The van der Waals surface area contributed by atoms with Crippen LogP contribution in [-0.4, -0.2) is 22.1 Å². The van der Waals surface area contributed by atoms with Gasteiger partial charge in [0, 0.05) is 11.3 Å². The predicted molar refractivity (Wildman–Crippen MR) is 90.9 cm³/mol. The summed E-state index contributed by atoms with van der Waals surface area (Å²) in [6.45, 7) is 0.389. The van der Waals surface area contributed by atoms with Gasteiger partial charge in [-0.3, -0.25) is 4.79 Å². The quantitative estimate of drug-likeness (QED) is 0.759. The smallest absolute Gasteiger partial charge is 0.251 e. The fourth-order valence-electron chi connectivity index (χ4n) is 2.27. The van der Waals surface area contributed by atoms with E-state index in [1.165, 1.54) is 5.56 Å². The lowest BCUT2D eigenvalue weighted by atomic mass is 10.1. The molecule has 0 spiro atoms. The summed E-state index contributed by atoms with van der Waals surface area (Å²) in [4.78, 5) is 19.8. The Kier molecular flexibility index (Phi) is 4.44. The summed E-state index contributed by atoms with van der Waals surface area (Å²) >= 11 is 1.77. The molecule has 0 unspecified atom stereocenters. The number of carbonyl (C=O) groups is 1. The number of fused-ring (bicyclic) bond motifs is 1. The molecule has 0 aliphatic heterocycles. The normalized spacial score (nSPS) is 10.8. The maximum atomic E-state index is 12.1. The first kappa shape index (κ1) is 14.7. The Bertz CT molecular complexity index is 747. The van der Waals surface area contributed by atoms with E-state index in [4.69, 9.17) is 0 Å². The van der Waals surface area contributed by atoms with Gasteiger partial charge in [-0.1, -0.05) is 24.3 Å².